The number of nitrogens with two attached hydrogens (primary N) is 1. The number of aryl methyl sites for hydroxylation is 1. The number of piperazine rings is 1. The summed E-state index contributed by atoms with van der Waals surface area (Å²) in [6, 6.07) is 0.417. The van der Waals surface area contributed by atoms with Gasteiger partial charge in [-0.25, -0.2) is 0 Å². The van der Waals surface area contributed by atoms with Crippen LogP contribution in [0, 0.1) is 0 Å². The summed E-state index contributed by atoms with van der Waals surface area (Å²) < 4.78 is 1.85. The molecule has 0 radical (unpaired) electrons. The van der Waals surface area contributed by atoms with Gasteiger partial charge in [0, 0.05) is 51.0 Å². The van der Waals surface area contributed by atoms with Crippen molar-refractivity contribution in [3.8, 4) is 0 Å². The van der Waals surface area contributed by atoms with E-state index in [1.807, 2.05) is 17.9 Å². The molecule has 0 bridgehead atoms. The highest BCUT2D eigenvalue weighted by atomic mass is 15.3. The lowest BCUT2D eigenvalue weighted by Gasteiger charge is -2.39. The largest absolute Gasteiger partial charge is 0.326 e. The van der Waals surface area contributed by atoms with Gasteiger partial charge in [0.15, 0.2) is 0 Å². The molecule has 2 heterocycles. The van der Waals surface area contributed by atoms with Crippen LogP contribution in [0.4, 0.5) is 0 Å². The van der Waals surface area contributed by atoms with Crippen LogP contribution in [0.3, 0.4) is 0 Å². The zero-order valence-corrected chi connectivity index (χ0v) is 11.0. The normalized spacial score (nSPS) is 22.6. The standard InChI is InChI=1S/C12H23N5/c1-10(13)12(11-8-14-16(3)9-11)17-6-4-15(2)5-7-17/h8-10,12H,4-7,13H2,1-3H3. The molecule has 0 aliphatic carbocycles. The Morgan fingerprint density at radius 2 is 1.88 bits per heavy atom. The zero-order valence-electron chi connectivity index (χ0n) is 11.0. The topological polar surface area (TPSA) is 50.3 Å². The maximum atomic E-state index is 6.15. The van der Waals surface area contributed by atoms with E-state index in [0.29, 0.717) is 0 Å². The molecule has 1 aliphatic heterocycles. The molecule has 96 valence electrons. The van der Waals surface area contributed by atoms with E-state index in [-0.39, 0.29) is 12.1 Å². The number of rotatable bonds is 3. The van der Waals surface area contributed by atoms with E-state index in [0.717, 1.165) is 26.2 Å². The van der Waals surface area contributed by atoms with Crippen LogP contribution in [0.15, 0.2) is 12.4 Å². The first-order chi connectivity index (χ1) is 8.08. The van der Waals surface area contributed by atoms with Crippen LogP contribution < -0.4 is 5.73 Å². The number of hydrogen-bond acceptors (Lipinski definition) is 4. The summed E-state index contributed by atoms with van der Waals surface area (Å²) in [6.07, 6.45) is 4.01. The average molecular weight is 237 g/mol. The lowest BCUT2D eigenvalue weighted by molar-refractivity contribution is 0.101. The highest BCUT2D eigenvalue weighted by Crippen LogP contribution is 2.23. The molecule has 1 fully saturated rings. The van der Waals surface area contributed by atoms with E-state index in [2.05, 4.69) is 35.1 Å². The van der Waals surface area contributed by atoms with Gasteiger partial charge in [0.05, 0.1) is 12.2 Å². The van der Waals surface area contributed by atoms with E-state index < -0.39 is 0 Å². The molecule has 1 aromatic rings. The van der Waals surface area contributed by atoms with Crippen LogP contribution in [0.1, 0.15) is 18.5 Å². The highest BCUT2D eigenvalue weighted by molar-refractivity contribution is 5.13. The predicted octanol–water partition coefficient (Wildman–Crippen LogP) is 0.0558. The Morgan fingerprint density at radius 1 is 1.24 bits per heavy atom. The summed E-state index contributed by atoms with van der Waals surface area (Å²) in [5.41, 5.74) is 7.38. The maximum absolute atomic E-state index is 6.15. The first-order valence-electron chi connectivity index (χ1n) is 6.24. The molecule has 5 nitrogen and oxygen atoms in total. The predicted molar refractivity (Wildman–Crippen MR) is 68.7 cm³/mol. The third kappa shape index (κ3) is 2.86. The second-order valence-corrected chi connectivity index (χ2v) is 5.09. The Morgan fingerprint density at radius 3 is 2.35 bits per heavy atom. The van der Waals surface area contributed by atoms with E-state index in [1.54, 1.807) is 0 Å². The summed E-state index contributed by atoms with van der Waals surface area (Å²) >= 11 is 0. The molecule has 17 heavy (non-hydrogen) atoms. The number of likely N-dealkylation sites (N-methyl/N-ethyl adjacent to an activating group) is 1. The van der Waals surface area contributed by atoms with Gasteiger partial charge in [-0.15, -0.1) is 0 Å². The number of hydrogen-bond donors (Lipinski definition) is 1. The minimum absolute atomic E-state index is 0.127. The van der Waals surface area contributed by atoms with Crippen molar-refractivity contribution in [1.29, 1.82) is 0 Å². The first kappa shape index (κ1) is 12.5. The van der Waals surface area contributed by atoms with Crippen molar-refractivity contribution in [3.63, 3.8) is 0 Å². The summed E-state index contributed by atoms with van der Waals surface area (Å²) in [5, 5.41) is 4.25. The van der Waals surface area contributed by atoms with Gasteiger partial charge < -0.3 is 10.6 Å². The van der Waals surface area contributed by atoms with Crippen molar-refractivity contribution >= 4 is 0 Å². The molecule has 1 aromatic heterocycles. The smallest absolute Gasteiger partial charge is 0.0538 e. The Bertz CT molecular complexity index is 352. The molecular formula is C12H23N5. The second kappa shape index (κ2) is 5.16. The van der Waals surface area contributed by atoms with Crippen LogP contribution in [0.5, 0.6) is 0 Å². The van der Waals surface area contributed by atoms with Gasteiger partial charge in [0.25, 0.3) is 0 Å². The third-order valence-corrected chi connectivity index (χ3v) is 3.50. The van der Waals surface area contributed by atoms with Crippen LogP contribution in [0.25, 0.3) is 0 Å². The molecule has 5 heteroatoms. The summed E-state index contributed by atoms with van der Waals surface area (Å²) in [5.74, 6) is 0. The maximum Gasteiger partial charge on any atom is 0.0538 e. The lowest BCUT2D eigenvalue weighted by atomic mass is 10.0. The van der Waals surface area contributed by atoms with Gasteiger partial charge in [-0.1, -0.05) is 0 Å². The fraction of sp³-hybridized carbons (Fsp3) is 0.750. The molecule has 0 aromatic carbocycles. The molecule has 2 atom stereocenters. The van der Waals surface area contributed by atoms with E-state index in [1.165, 1.54) is 5.56 Å². The fourth-order valence-electron chi connectivity index (χ4n) is 2.54. The SMILES string of the molecule is CC(N)C(c1cnn(C)c1)N1CCN(C)CC1. The number of nitrogens with zero attached hydrogens (tertiary/aromatic N) is 4. The summed E-state index contributed by atoms with van der Waals surface area (Å²) in [6.45, 7) is 6.47. The Hall–Kier alpha value is -0.910. The van der Waals surface area contributed by atoms with E-state index in [4.69, 9.17) is 5.73 Å². The monoisotopic (exact) mass is 237 g/mol. The average Bonchev–Trinajstić information content (AvgIpc) is 2.68. The molecule has 1 saturated heterocycles. The van der Waals surface area contributed by atoms with Gasteiger partial charge in [0.2, 0.25) is 0 Å². The molecule has 0 spiro atoms. The quantitative estimate of drug-likeness (QED) is 0.807. The van der Waals surface area contributed by atoms with Gasteiger partial charge in [-0.2, -0.15) is 5.10 Å². The summed E-state index contributed by atoms with van der Waals surface area (Å²) in [4.78, 5) is 4.83. The lowest BCUT2D eigenvalue weighted by Crippen LogP contribution is -2.49. The molecular weight excluding hydrogens is 214 g/mol. The molecule has 0 amide bonds. The van der Waals surface area contributed by atoms with E-state index >= 15 is 0 Å². The minimum Gasteiger partial charge on any atom is -0.326 e. The Balaban J connectivity index is 2.12. The van der Waals surface area contributed by atoms with Crippen molar-refractivity contribution in [2.24, 2.45) is 12.8 Å². The third-order valence-electron chi connectivity index (χ3n) is 3.50. The van der Waals surface area contributed by atoms with Crippen LogP contribution >= 0.6 is 0 Å². The summed E-state index contributed by atoms with van der Waals surface area (Å²) in [7, 11) is 4.12. The zero-order chi connectivity index (χ0) is 12.4. The Labute approximate surface area is 103 Å². The number of aromatic nitrogens is 2. The van der Waals surface area contributed by atoms with Gasteiger partial charge in [-0.05, 0) is 14.0 Å². The molecule has 0 saturated carbocycles. The minimum atomic E-state index is 0.127. The van der Waals surface area contributed by atoms with Crippen LogP contribution in [-0.4, -0.2) is 58.8 Å². The van der Waals surface area contributed by atoms with Gasteiger partial charge in [0.1, 0.15) is 0 Å². The van der Waals surface area contributed by atoms with Crippen LogP contribution in [0.2, 0.25) is 0 Å². The fourth-order valence-corrected chi connectivity index (χ4v) is 2.54. The van der Waals surface area contributed by atoms with Crippen molar-refractivity contribution in [1.82, 2.24) is 19.6 Å². The van der Waals surface area contributed by atoms with Crippen molar-refractivity contribution < 1.29 is 0 Å². The molecule has 2 N–H and O–H groups in total. The van der Waals surface area contributed by atoms with Crippen LogP contribution in [-0.2, 0) is 7.05 Å². The van der Waals surface area contributed by atoms with Gasteiger partial charge >= 0.3 is 0 Å². The first-order valence-corrected chi connectivity index (χ1v) is 6.24. The Kier molecular flexibility index (Phi) is 3.81. The van der Waals surface area contributed by atoms with E-state index in [9.17, 15) is 0 Å². The second-order valence-electron chi connectivity index (χ2n) is 5.09. The van der Waals surface area contributed by atoms with Crippen molar-refractivity contribution in [2.45, 2.75) is 19.0 Å². The van der Waals surface area contributed by atoms with Crippen molar-refractivity contribution in [3.05, 3.63) is 18.0 Å². The van der Waals surface area contributed by atoms with Crippen molar-refractivity contribution in [2.75, 3.05) is 33.2 Å². The van der Waals surface area contributed by atoms with Gasteiger partial charge in [-0.3, -0.25) is 9.58 Å². The molecule has 1 aliphatic rings. The highest BCUT2D eigenvalue weighted by Gasteiger charge is 2.27. The molecule has 2 unspecified atom stereocenters. The molecule has 2 rings (SSSR count).